The topological polar surface area (TPSA) is 55.6 Å². The number of rotatable bonds is 4. The second-order valence-electron chi connectivity index (χ2n) is 5.64. The Balaban J connectivity index is 1.96. The summed E-state index contributed by atoms with van der Waals surface area (Å²) in [5, 5.41) is 0. The van der Waals surface area contributed by atoms with E-state index in [0.717, 1.165) is 39.0 Å². The highest BCUT2D eigenvalue weighted by Crippen LogP contribution is 2.30. The molecule has 1 aliphatic carbocycles. The van der Waals surface area contributed by atoms with Gasteiger partial charge in [0.2, 0.25) is 5.91 Å². The van der Waals surface area contributed by atoms with Gasteiger partial charge in [-0.2, -0.15) is 0 Å². The Bertz CT molecular complexity index is 263. The molecular formula is C12H22N2O2. The number of amides is 1. The first-order chi connectivity index (χ1) is 7.48. The quantitative estimate of drug-likeness (QED) is 0.769. The van der Waals surface area contributed by atoms with Gasteiger partial charge in [0.15, 0.2) is 0 Å². The molecule has 2 fully saturated rings. The van der Waals surface area contributed by atoms with Gasteiger partial charge in [0, 0.05) is 25.1 Å². The lowest BCUT2D eigenvalue weighted by Gasteiger charge is -2.31. The summed E-state index contributed by atoms with van der Waals surface area (Å²) in [6.45, 7) is 6.03. The van der Waals surface area contributed by atoms with E-state index in [0.29, 0.717) is 12.0 Å². The Morgan fingerprint density at radius 3 is 2.56 bits per heavy atom. The van der Waals surface area contributed by atoms with Crippen LogP contribution in [0.5, 0.6) is 0 Å². The molecule has 1 unspecified atom stereocenters. The average Bonchev–Trinajstić information content (AvgIpc) is 2.90. The lowest BCUT2D eigenvalue weighted by molar-refractivity contribution is -0.137. The van der Waals surface area contributed by atoms with Gasteiger partial charge in [0.25, 0.3) is 0 Å². The molecule has 0 aromatic rings. The van der Waals surface area contributed by atoms with Crippen LogP contribution < -0.4 is 5.73 Å². The molecule has 2 aliphatic rings. The smallest absolute Gasteiger partial charge is 0.242 e. The van der Waals surface area contributed by atoms with E-state index < -0.39 is 5.54 Å². The Hall–Kier alpha value is -0.610. The van der Waals surface area contributed by atoms with Gasteiger partial charge in [-0.1, -0.05) is 0 Å². The Labute approximate surface area is 97.1 Å². The van der Waals surface area contributed by atoms with Crippen molar-refractivity contribution in [3.63, 3.8) is 0 Å². The van der Waals surface area contributed by atoms with Crippen LogP contribution in [-0.4, -0.2) is 42.1 Å². The molecule has 1 heterocycles. The number of carbonyl (C=O) groups is 1. The fourth-order valence-electron chi connectivity index (χ4n) is 2.16. The molecule has 1 atom stereocenters. The summed E-state index contributed by atoms with van der Waals surface area (Å²) < 4.78 is 5.35. The summed E-state index contributed by atoms with van der Waals surface area (Å²) in [7, 11) is 0. The van der Waals surface area contributed by atoms with E-state index in [4.69, 9.17) is 10.5 Å². The zero-order valence-electron chi connectivity index (χ0n) is 10.2. The highest BCUT2D eigenvalue weighted by atomic mass is 16.5. The second-order valence-corrected chi connectivity index (χ2v) is 5.64. The molecule has 1 saturated carbocycles. The van der Waals surface area contributed by atoms with Crippen molar-refractivity contribution in [2.24, 2.45) is 11.7 Å². The molecule has 92 valence electrons. The van der Waals surface area contributed by atoms with Crippen molar-refractivity contribution in [2.45, 2.75) is 44.7 Å². The van der Waals surface area contributed by atoms with Crippen molar-refractivity contribution in [1.29, 1.82) is 0 Å². The molecule has 0 aromatic carbocycles. The van der Waals surface area contributed by atoms with Crippen LogP contribution in [0, 0.1) is 5.92 Å². The zero-order valence-corrected chi connectivity index (χ0v) is 10.2. The first-order valence-corrected chi connectivity index (χ1v) is 6.16. The third-order valence-electron chi connectivity index (χ3n) is 3.28. The lowest BCUT2D eigenvalue weighted by Crippen LogP contribution is -2.53. The molecule has 0 aromatic heterocycles. The molecule has 1 aliphatic heterocycles. The Morgan fingerprint density at radius 2 is 2.12 bits per heavy atom. The van der Waals surface area contributed by atoms with Crippen molar-refractivity contribution in [3.05, 3.63) is 0 Å². The van der Waals surface area contributed by atoms with E-state index in [-0.39, 0.29) is 5.91 Å². The first-order valence-electron chi connectivity index (χ1n) is 6.16. The highest BCUT2D eigenvalue weighted by molar-refractivity contribution is 5.85. The lowest BCUT2D eigenvalue weighted by atomic mass is 10.0. The van der Waals surface area contributed by atoms with Crippen LogP contribution in [0.2, 0.25) is 0 Å². The predicted octanol–water partition coefficient (Wildman–Crippen LogP) is 0.751. The number of hydrogen-bond donors (Lipinski definition) is 1. The molecule has 16 heavy (non-hydrogen) atoms. The van der Waals surface area contributed by atoms with Crippen LogP contribution >= 0.6 is 0 Å². The summed E-state index contributed by atoms with van der Waals surface area (Å²) >= 11 is 0. The van der Waals surface area contributed by atoms with Crippen LogP contribution in [0.3, 0.4) is 0 Å². The third kappa shape index (κ3) is 2.74. The number of hydrogen-bond acceptors (Lipinski definition) is 3. The SMILES string of the molecule is CC(C)(N)C(=O)N(CC1CCOC1)C1CC1. The van der Waals surface area contributed by atoms with Crippen molar-refractivity contribution in [3.8, 4) is 0 Å². The fraction of sp³-hybridized carbons (Fsp3) is 0.917. The minimum absolute atomic E-state index is 0.0851. The highest BCUT2D eigenvalue weighted by Gasteiger charge is 2.39. The second kappa shape index (κ2) is 4.34. The molecule has 0 spiro atoms. The summed E-state index contributed by atoms with van der Waals surface area (Å²) in [6.07, 6.45) is 3.34. The van der Waals surface area contributed by atoms with Gasteiger partial charge in [-0.15, -0.1) is 0 Å². The number of nitrogens with two attached hydrogens (primary N) is 1. The van der Waals surface area contributed by atoms with Crippen molar-refractivity contribution in [1.82, 2.24) is 4.90 Å². The van der Waals surface area contributed by atoms with Crippen molar-refractivity contribution >= 4 is 5.91 Å². The summed E-state index contributed by atoms with van der Waals surface area (Å²) in [6, 6.07) is 0.441. The van der Waals surface area contributed by atoms with Crippen LogP contribution in [0.25, 0.3) is 0 Å². The van der Waals surface area contributed by atoms with E-state index in [1.807, 2.05) is 4.90 Å². The maximum atomic E-state index is 12.2. The van der Waals surface area contributed by atoms with E-state index in [9.17, 15) is 4.79 Å². The zero-order chi connectivity index (χ0) is 11.8. The Morgan fingerprint density at radius 1 is 1.44 bits per heavy atom. The average molecular weight is 226 g/mol. The normalized spacial score (nSPS) is 25.8. The van der Waals surface area contributed by atoms with E-state index in [1.54, 1.807) is 13.8 Å². The monoisotopic (exact) mass is 226 g/mol. The number of nitrogens with zero attached hydrogens (tertiary/aromatic N) is 1. The number of ether oxygens (including phenoxy) is 1. The van der Waals surface area contributed by atoms with Crippen LogP contribution in [0.4, 0.5) is 0 Å². The minimum Gasteiger partial charge on any atom is -0.381 e. The summed E-state index contributed by atoms with van der Waals surface area (Å²) in [5.74, 6) is 0.591. The van der Waals surface area contributed by atoms with Gasteiger partial charge in [-0.05, 0) is 33.1 Å². The van der Waals surface area contributed by atoms with Gasteiger partial charge < -0.3 is 15.4 Å². The van der Waals surface area contributed by atoms with Crippen molar-refractivity contribution in [2.75, 3.05) is 19.8 Å². The van der Waals surface area contributed by atoms with Gasteiger partial charge >= 0.3 is 0 Å². The van der Waals surface area contributed by atoms with E-state index in [2.05, 4.69) is 0 Å². The maximum absolute atomic E-state index is 12.2. The molecular weight excluding hydrogens is 204 g/mol. The predicted molar refractivity (Wildman–Crippen MR) is 61.9 cm³/mol. The Kier molecular flexibility index (Phi) is 3.22. The molecule has 0 bridgehead atoms. The van der Waals surface area contributed by atoms with E-state index >= 15 is 0 Å². The van der Waals surface area contributed by atoms with Gasteiger partial charge in [0.05, 0.1) is 12.1 Å². The number of carbonyl (C=O) groups excluding carboxylic acids is 1. The standard InChI is InChI=1S/C12H22N2O2/c1-12(2,13)11(15)14(10-3-4-10)7-9-5-6-16-8-9/h9-10H,3-8,13H2,1-2H3. The first kappa shape index (κ1) is 11.9. The summed E-state index contributed by atoms with van der Waals surface area (Å²) in [4.78, 5) is 14.2. The molecule has 1 amide bonds. The molecule has 4 heteroatoms. The fourth-order valence-corrected chi connectivity index (χ4v) is 2.16. The van der Waals surface area contributed by atoms with E-state index in [1.165, 1.54) is 0 Å². The van der Waals surface area contributed by atoms with Crippen molar-refractivity contribution < 1.29 is 9.53 Å². The largest absolute Gasteiger partial charge is 0.381 e. The van der Waals surface area contributed by atoms with Gasteiger partial charge in [-0.3, -0.25) is 4.79 Å². The van der Waals surface area contributed by atoms with Crippen LogP contribution in [-0.2, 0) is 9.53 Å². The maximum Gasteiger partial charge on any atom is 0.242 e. The summed E-state index contributed by atoms with van der Waals surface area (Å²) in [5.41, 5.74) is 5.15. The molecule has 1 saturated heterocycles. The van der Waals surface area contributed by atoms with Gasteiger partial charge in [0.1, 0.15) is 0 Å². The van der Waals surface area contributed by atoms with Gasteiger partial charge in [-0.25, -0.2) is 0 Å². The molecule has 2 rings (SSSR count). The molecule has 0 radical (unpaired) electrons. The van der Waals surface area contributed by atoms with Crippen LogP contribution in [0.15, 0.2) is 0 Å². The third-order valence-corrected chi connectivity index (χ3v) is 3.28. The van der Waals surface area contributed by atoms with Crippen LogP contribution in [0.1, 0.15) is 33.1 Å². The molecule has 2 N–H and O–H groups in total. The molecule has 4 nitrogen and oxygen atoms in total. The minimum atomic E-state index is -0.748.